The summed E-state index contributed by atoms with van der Waals surface area (Å²) in [6.07, 6.45) is 3.02. The standard InChI is InChI=1S/C26H33FN2O4/c1-3-32-23-18-22(29-13-15-31-16-14-29)24(33-4-2)17-21(23)28-25(30)26(11-7-8-12-26)19-9-5-6-10-20(19)27/h5-6,9-10,17-18H,3-4,7-8,11-16H2,1-2H3,(H,28,30). The third-order valence-corrected chi connectivity index (χ3v) is 6.54. The number of ether oxygens (including phenoxy) is 3. The number of nitrogens with zero attached hydrogens (tertiary/aromatic N) is 1. The summed E-state index contributed by atoms with van der Waals surface area (Å²) in [6.45, 7) is 7.62. The Labute approximate surface area is 195 Å². The van der Waals surface area contributed by atoms with E-state index in [1.807, 2.05) is 26.0 Å². The number of morpholine rings is 1. The van der Waals surface area contributed by atoms with Crippen LogP contribution in [0.5, 0.6) is 11.5 Å². The summed E-state index contributed by atoms with van der Waals surface area (Å²) >= 11 is 0. The minimum absolute atomic E-state index is 0.201. The maximum Gasteiger partial charge on any atom is 0.235 e. The molecule has 1 amide bonds. The van der Waals surface area contributed by atoms with Gasteiger partial charge in [-0.25, -0.2) is 4.39 Å². The van der Waals surface area contributed by atoms with Gasteiger partial charge in [-0.1, -0.05) is 31.0 Å². The quantitative estimate of drug-likeness (QED) is 0.612. The van der Waals surface area contributed by atoms with E-state index in [1.165, 1.54) is 6.07 Å². The largest absolute Gasteiger partial charge is 0.492 e. The molecule has 7 heteroatoms. The zero-order valence-electron chi connectivity index (χ0n) is 19.5. The van der Waals surface area contributed by atoms with Crippen molar-refractivity contribution in [3.05, 3.63) is 47.8 Å². The first-order valence-corrected chi connectivity index (χ1v) is 11.9. The third kappa shape index (κ3) is 4.78. The second kappa shape index (κ2) is 10.4. The molecule has 0 unspecified atom stereocenters. The van der Waals surface area contributed by atoms with Gasteiger partial charge in [0.05, 0.1) is 43.2 Å². The molecule has 1 aliphatic carbocycles. The summed E-state index contributed by atoms with van der Waals surface area (Å²) in [6, 6.07) is 10.4. The average Bonchev–Trinajstić information content (AvgIpc) is 3.33. The highest BCUT2D eigenvalue weighted by Gasteiger charge is 2.44. The molecule has 1 N–H and O–H groups in total. The van der Waals surface area contributed by atoms with E-state index in [0.29, 0.717) is 62.0 Å². The molecule has 2 aliphatic rings. The first kappa shape index (κ1) is 23.4. The Morgan fingerprint density at radius 2 is 1.73 bits per heavy atom. The van der Waals surface area contributed by atoms with E-state index < -0.39 is 5.41 Å². The number of amides is 1. The van der Waals surface area contributed by atoms with Crippen LogP contribution in [-0.4, -0.2) is 45.4 Å². The minimum atomic E-state index is -0.885. The van der Waals surface area contributed by atoms with Gasteiger partial charge in [-0.3, -0.25) is 4.79 Å². The fourth-order valence-corrected chi connectivity index (χ4v) is 4.93. The average molecular weight is 457 g/mol. The van der Waals surface area contributed by atoms with Crippen molar-refractivity contribution in [1.82, 2.24) is 0 Å². The van der Waals surface area contributed by atoms with Crippen LogP contribution in [0.15, 0.2) is 36.4 Å². The van der Waals surface area contributed by atoms with Gasteiger partial charge in [0.2, 0.25) is 5.91 Å². The molecule has 2 aromatic carbocycles. The van der Waals surface area contributed by atoms with Crippen LogP contribution in [0.25, 0.3) is 0 Å². The van der Waals surface area contributed by atoms with Crippen LogP contribution >= 0.6 is 0 Å². The van der Waals surface area contributed by atoms with Crippen LogP contribution in [0.2, 0.25) is 0 Å². The fourth-order valence-electron chi connectivity index (χ4n) is 4.93. The van der Waals surface area contributed by atoms with Crippen molar-refractivity contribution in [2.24, 2.45) is 0 Å². The topological polar surface area (TPSA) is 60.0 Å². The Kier molecular flexibility index (Phi) is 7.38. The lowest BCUT2D eigenvalue weighted by Gasteiger charge is -2.32. The molecule has 0 bridgehead atoms. The highest BCUT2D eigenvalue weighted by atomic mass is 19.1. The van der Waals surface area contributed by atoms with E-state index in [1.54, 1.807) is 18.2 Å². The number of carbonyl (C=O) groups is 1. The number of hydrogen-bond donors (Lipinski definition) is 1. The Morgan fingerprint density at radius 1 is 1.06 bits per heavy atom. The maximum atomic E-state index is 14.8. The highest BCUT2D eigenvalue weighted by Crippen LogP contribution is 2.45. The summed E-state index contributed by atoms with van der Waals surface area (Å²) in [5.41, 5.74) is 1.05. The number of anilines is 2. The molecule has 1 aliphatic heterocycles. The van der Waals surface area contributed by atoms with Crippen molar-refractivity contribution in [3.8, 4) is 11.5 Å². The summed E-state index contributed by atoms with van der Waals surface area (Å²) in [5.74, 6) is 0.729. The number of nitrogens with one attached hydrogen (secondary N) is 1. The zero-order chi connectivity index (χ0) is 23.3. The van der Waals surface area contributed by atoms with E-state index in [0.717, 1.165) is 31.6 Å². The molecule has 178 valence electrons. The van der Waals surface area contributed by atoms with Crippen molar-refractivity contribution in [3.63, 3.8) is 0 Å². The molecule has 0 radical (unpaired) electrons. The maximum absolute atomic E-state index is 14.8. The molecule has 2 fully saturated rings. The van der Waals surface area contributed by atoms with Crippen molar-refractivity contribution in [1.29, 1.82) is 0 Å². The molecular weight excluding hydrogens is 423 g/mol. The van der Waals surface area contributed by atoms with E-state index in [4.69, 9.17) is 14.2 Å². The third-order valence-electron chi connectivity index (χ3n) is 6.54. The summed E-state index contributed by atoms with van der Waals surface area (Å²) < 4.78 is 32.1. The molecule has 0 atom stereocenters. The van der Waals surface area contributed by atoms with Crippen LogP contribution < -0.4 is 19.7 Å². The fraction of sp³-hybridized carbons (Fsp3) is 0.500. The molecule has 0 spiro atoms. The van der Waals surface area contributed by atoms with Crippen LogP contribution in [0.1, 0.15) is 45.1 Å². The number of carbonyl (C=O) groups excluding carboxylic acids is 1. The van der Waals surface area contributed by atoms with Gasteiger partial charge in [0.1, 0.15) is 17.3 Å². The molecule has 33 heavy (non-hydrogen) atoms. The molecule has 0 aromatic heterocycles. The number of halogens is 1. The summed E-state index contributed by atoms with van der Waals surface area (Å²) in [5, 5.41) is 3.08. The molecule has 1 saturated carbocycles. The molecule has 1 saturated heterocycles. The molecule has 6 nitrogen and oxygen atoms in total. The molecule has 1 heterocycles. The van der Waals surface area contributed by atoms with Crippen LogP contribution in [0.4, 0.5) is 15.8 Å². The van der Waals surface area contributed by atoms with E-state index >= 15 is 0 Å². The van der Waals surface area contributed by atoms with Gasteiger partial charge in [-0.15, -0.1) is 0 Å². The number of rotatable bonds is 8. The lowest BCUT2D eigenvalue weighted by atomic mass is 9.77. The smallest absolute Gasteiger partial charge is 0.235 e. The van der Waals surface area contributed by atoms with Gasteiger partial charge < -0.3 is 24.4 Å². The summed E-state index contributed by atoms with van der Waals surface area (Å²) in [7, 11) is 0. The van der Waals surface area contributed by atoms with E-state index in [9.17, 15) is 9.18 Å². The van der Waals surface area contributed by atoms with E-state index in [2.05, 4.69) is 10.2 Å². The molecule has 4 rings (SSSR count). The Bertz CT molecular complexity index is 969. The lowest BCUT2D eigenvalue weighted by molar-refractivity contribution is -0.121. The highest BCUT2D eigenvalue weighted by molar-refractivity contribution is 6.01. The second-order valence-corrected chi connectivity index (χ2v) is 8.50. The lowest BCUT2D eigenvalue weighted by Crippen LogP contribution is -2.39. The molecular formula is C26H33FN2O4. The number of benzene rings is 2. The SMILES string of the molecule is CCOc1cc(N2CCOCC2)c(OCC)cc1NC(=O)C1(c2ccccc2F)CCCC1. The van der Waals surface area contributed by atoms with Gasteiger partial charge in [0.25, 0.3) is 0 Å². The van der Waals surface area contributed by atoms with Gasteiger partial charge in [-0.2, -0.15) is 0 Å². The molecule has 2 aromatic rings. The van der Waals surface area contributed by atoms with Crippen molar-refractivity contribution in [2.75, 3.05) is 49.7 Å². The predicted molar refractivity (Wildman–Crippen MR) is 127 cm³/mol. The first-order chi connectivity index (χ1) is 16.1. The van der Waals surface area contributed by atoms with Gasteiger partial charge in [0.15, 0.2) is 0 Å². The monoisotopic (exact) mass is 456 g/mol. The van der Waals surface area contributed by atoms with Crippen molar-refractivity contribution < 1.29 is 23.4 Å². The van der Waals surface area contributed by atoms with Crippen LogP contribution in [0, 0.1) is 5.82 Å². The Balaban J connectivity index is 1.70. The van der Waals surface area contributed by atoms with Crippen LogP contribution in [-0.2, 0) is 14.9 Å². The van der Waals surface area contributed by atoms with Crippen molar-refractivity contribution >= 4 is 17.3 Å². The van der Waals surface area contributed by atoms with Gasteiger partial charge in [-0.05, 0) is 32.8 Å². The Hall–Kier alpha value is -2.80. The summed E-state index contributed by atoms with van der Waals surface area (Å²) in [4.78, 5) is 15.9. The number of hydrogen-bond acceptors (Lipinski definition) is 5. The second-order valence-electron chi connectivity index (χ2n) is 8.50. The minimum Gasteiger partial charge on any atom is -0.492 e. The van der Waals surface area contributed by atoms with Crippen molar-refractivity contribution in [2.45, 2.75) is 44.9 Å². The first-order valence-electron chi connectivity index (χ1n) is 11.9. The normalized spacial score (nSPS) is 17.6. The van der Waals surface area contributed by atoms with E-state index in [-0.39, 0.29) is 11.7 Å². The zero-order valence-corrected chi connectivity index (χ0v) is 19.5. The van der Waals surface area contributed by atoms with Gasteiger partial charge in [0, 0.05) is 30.8 Å². The van der Waals surface area contributed by atoms with Gasteiger partial charge >= 0.3 is 0 Å². The Morgan fingerprint density at radius 3 is 2.39 bits per heavy atom. The predicted octanol–water partition coefficient (Wildman–Crippen LogP) is 4.91. The van der Waals surface area contributed by atoms with Crippen LogP contribution in [0.3, 0.4) is 0 Å².